The predicted octanol–water partition coefficient (Wildman–Crippen LogP) is 2.27. The van der Waals surface area contributed by atoms with Gasteiger partial charge < -0.3 is 0 Å². The van der Waals surface area contributed by atoms with Crippen LogP contribution in [0.3, 0.4) is 0 Å². The van der Waals surface area contributed by atoms with Crippen LogP contribution < -0.4 is 4.72 Å². The molecule has 1 aromatic heterocycles. The second kappa shape index (κ2) is 5.70. The zero-order valence-electron chi connectivity index (χ0n) is 10.9. The number of hydrogen-bond donors (Lipinski definition) is 1. The van der Waals surface area contributed by atoms with Crippen LogP contribution in [-0.2, 0) is 16.6 Å². The van der Waals surface area contributed by atoms with E-state index in [1.807, 2.05) is 6.92 Å². The standard InChI is InChI=1S/C11H11ClN4O4S/c1-2-15-7-9(6-13-15)21(19,20)14-8-3-4-10(12)11(5-8)16(17)18/h3-7,14H,2H2,1H3. The molecule has 0 unspecified atom stereocenters. The SMILES string of the molecule is CCn1cc(S(=O)(=O)Nc2ccc(Cl)c([N+](=O)[O-])c2)cn1. The fraction of sp³-hybridized carbons (Fsp3) is 0.182. The summed E-state index contributed by atoms with van der Waals surface area (Å²) in [6.45, 7) is 2.35. The smallest absolute Gasteiger partial charge is 0.279 e. The molecule has 21 heavy (non-hydrogen) atoms. The Balaban J connectivity index is 2.32. The van der Waals surface area contributed by atoms with Crippen molar-refractivity contribution < 1.29 is 13.3 Å². The van der Waals surface area contributed by atoms with Crippen LogP contribution >= 0.6 is 11.6 Å². The maximum absolute atomic E-state index is 12.1. The summed E-state index contributed by atoms with van der Waals surface area (Å²) in [6.07, 6.45) is 2.57. The summed E-state index contributed by atoms with van der Waals surface area (Å²) in [5.41, 5.74) is -0.323. The van der Waals surface area contributed by atoms with Crippen LogP contribution in [0.4, 0.5) is 11.4 Å². The van der Waals surface area contributed by atoms with Crippen molar-refractivity contribution in [3.63, 3.8) is 0 Å². The van der Waals surface area contributed by atoms with Gasteiger partial charge in [-0.05, 0) is 19.1 Å². The van der Waals surface area contributed by atoms with Crippen LogP contribution in [0, 0.1) is 10.1 Å². The second-order valence-corrected chi connectivity index (χ2v) is 6.15. The van der Waals surface area contributed by atoms with Gasteiger partial charge in [-0.2, -0.15) is 5.10 Å². The van der Waals surface area contributed by atoms with Crippen molar-refractivity contribution in [3.8, 4) is 0 Å². The lowest BCUT2D eigenvalue weighted by molar-refractivity contribution is -0.384. The molecule has 0 spiro atoms. The zero-order valence-corrected chi connectivity index (χ0v) is 12.4. The molecule has 1 N–H and O–H groups in total. The summed E-state index contributed by atoms with van der Waals surface area (Å²) in [7, 11) is -3.86. The van der Waals surface area contributed by atoms with Crippen LogP contribution in [0.5, 0.6) is 0 Å². The first-order chi connectivity index (χ1) is 9.83. The predicted molar refractivity (Wildman–Crippen MR) is 76.8 cm³/mol. The third-order valence-electron chi connectivity index (χ3n) is 2.64. The Bertz CT molecular complexity index is 787. The van der Waals surface area contributed by atoms with Crippen LogP contribution in [0.15, 0.2) is 35.5 Å². The van der Waals surface area contributed by atoms with E-state index in [0.29, 0.717) is 6.54 Å². The fourth-order valence-corrected chi connectivity index (χ4v) is 2.77. The van der Waals surface area contributed by atoms with E-state index in [-0.39, 0.29) is 21.3 Å². The van der Waals surface area contributed by atoms with Crippen molar-refractivity contribution in [1.29, 1.82) is 0 Å². The zero-order chi connectivity index (χ0) is 15.6. The number of nitro benzene ring substituents is 1. The van der Waals surface area contributed by atoms with E-state index in [9.17, 15) is 18.5 Å². The Morgan fingerprint density at radius 1 is 1.48 bits per heavy atom. The number of aryl methyl sites for hydroxylation is 1. The number of aromatic nitrogens is 2. The molecular formula is C11H11ClN4O4S. The number of benzene rings is 1. The Labute approximate surface area is 125 Å². The summed E-state index contributed by atoms with van der Waals surface area (Å²) >= 11 is 5.67. The van der Waals surface area contributed by atoms with E-state index >= 15 is 0 Å². The van der Waals surface area contributed by atoms with E-state index in [1.54, 1.807) is 0 Å². The van der Waals surface area contributed by atoms with Crippen LogP contribution in [0.25, 0.3) is 0 Å². The molecule has 2 aromatic rings. The first-order valence-corrected chi connectivity index (χ1v) is 7.69. The van der Waals surface area contributed by atoms with Gasteiger partial charge in [0, 0.05) is 18.8 Å². The maximum atomic E-state index is 12.1. The Morgan fingerprint density at radius 3 is 2.76 bits per heavy atom. The molecule has 0 saturated heterocycles. The Morgan fingerprint density at radius 2 is 2.19 bits per heavy atom. The summed E-state index contributed by atoms with van der Waals surface area (Å²) < 4.78 is 28.0. The molecule has 0 aliphatic carbocycles. The van der Waals surface area contributed by atoms with E-state index < -0.39 is 14.9 Å². The van der Waals surface area contributed by atoms with Crippen molar-refractivity contribution in [2.45, 2.75) is 18.4 Å². The largest absolute Gasteiger partial charge is 0.289 e. The molecule has 0 aliphatic rings. The minimum absolute atomic E-state index is 0.0260. The number of hydrogen-bond acceptors (Lipinski definition) is 5. The summed E-state index contributed by atoms with van der Waals surface area (Å²) in [6, 6.07) is 3.66. The highest BCUT2D eigenvalue weighted by molar-refractivity contribution is 7.92. The molecule has 0 aliphatic heterocycles. The van der Waals surface area contributed by atoms with Crippen molar-refractivity contribution >= 4 is 33.0 Å². The van der Waals surface area contributed by atoms with Crippen LogP contribution in [0.2, 0.25) is 5.02 Å². The average molecular weight is 331 g/mol. The summed E-state index contributed by atoms with van der Waals surface area (Å²) in [4.78, 5) is 10.1. The first-order valence-electron chi connectivity index (χ1n) is 5.82. The first kappa shape index (κ1) is 15.3. The molecule has 0 atom stereocenters. The molecule has 0 saturated carbocycles. The second-order valence-electron chi connectivity index (χ2n) is 4.06. The molecule has 10 heteroatoms. The van der Waals surface area contributed by atoms with E-state index in [4.69, 9.17) is 11.6 Å². The van der Waals surface area contributed by atoms with Gasteiger partial charge in [0.15, 0.2) is 0 Å². The highest BCUT2D eigenvalue weighted by Crippen LogP contribution is 2.28. The van der Waals surface area contributed by atoms with Crippen molar-refractivity contribution in [2.24, 2.45) is 0 Å². The number of nitrogens with one attached hydrogen (secondary N) is 1. The number of halogens is 1. The number of rotatable bonds is 5. The van der Waals surface area contributed by atoms with Gasteiger partial charge in [-0.1, -0.05) is 11.6 Å². The quantitative estimate of drug-likeness (QED) is 0.668. The lowest BCUT2D eigenvalue weighted by atomic mass is 10.3. The molecule has 0 amide bonds. The lowest BCUT2D eigenvalue weighted by Crippen LogP contribution is -2.12. The van der Waals surface area contributed by atoms with Gasteiger partial charge in [0.2, 0.25) is 0 Å². The molecule has 0 radical (unpaired) electrons. The highest BCUT2D eigenvalue weighted by Gasteiger charge is 2.19. The molecule has 0 bridgehead atoms. The third-order valence-corrected chi connectivity index (χ3v) is 4.29. The third kappa shape index (κ3) is 3.31. The number of anilines is 1. The topological polar surface area (TPSA) is 107 Å². The number of nitrogens with zero attached hydrogens (tertiary/aromatic N) is 3. The van der Waals surface area contributed by atoms with E-state index in [1.165, 1.54) is 29.2 Å². The fourth-order valence-electron chi connectivity index (χ4n) is 1.59. The van der Waals surface area contributed by atoms with Gasteiger partial charge in [-0.3, -0.25) is 19.5 Å². The molecule has 2 rings (SSSR count). The molecule has 0 fully saturated rings. The highest BCUT2D eigenvalue weighted by atomic mass is 35.5. The summed E-state index contributed by atoms with van der Waals surface area (Å²) in [5.74, 6) is 0. The summed E-state index contributed by atoms with van der Waals surface area (Å²) in [5, 5.41) is 14.6. The number of nitro groups is 1. The van der Waals surface area contributed by atoms with E-state index in [2.05, 4.69) is 9.82 Å². The van der Waals surface area contributed by atoms with Crippen LogP contribution in [-0.4, -0.2) is 23.1 Å². The van der Waals surface area contributed by atoms with Gasteiger partial charge in [-0.15, -0.1) is 0 Å². The van der Waals surface area contributed by atoms with Crippen molar-refractivity contribution in [2.75, 3.05) is 4.72 Å². The number of sulfonamides is 1. The molecular weight excluding hydrogens is 320 g/mol. The van der Waals surface area contributed by atoms with Gasteiger partial charge >= 0.3 is 0 Å². The molecule has 1 heterocycles. The Hall–Kier alpha value is -2.13. The Kier molecular flexibility index (Phi) is 4.14. The monoisotopic (exact) mass is 330 g/mol. The van der Waals surface area contributed by atoms with Crippen LogP contribution in [0.1, 0.15) is 6.92 Å². The molecule has 8 nitrogen and oxygen atoms in total. The van der Waals surface area contributed by atoms with Crippen molar-refractivity contribution in [3.05, 3.63) is 45.7 Å². The molecule has 112 valence electrons. The maximum Gasteiger partial charge on any atom is 0.289 e. The molecule has 1 aromatic carbocycles. The van der Waals surface area contributed by atoms with Gasteiger partial charge in [0.1, 0.15) is 9.92 Å². The lowest BCUT2D eigenvalue weighted by Gasteiger charge is -2.06. The van der Waals surface area contributed by atoms with E-state index in [0.717, 1.165) is 6.07 Å². The van der Waals surface area contributed by atoms with Gasteiger partial charge in [0.25, 0.3) is 15.7 Å². The normalized spacial score (nSPS) is 11.3. The van der Waals surface area contributed by atoms with Gasteiger partial charge in [-0.25, -0.2) is 8.42 Å². The average Bonchev–Trinajstić information content (AvgIpc) is 2.90. The van der Waals surface area contributed by atoms with Gasteiger partial charge in [0.05, 0.1) is 16.8 Å². The minimum Gasteiger partial charge on any atom is -0.279 e. The van der Waals surface area contributed by atoms with Crippen molar-refractivity contribution in [1.82, 2.24) is 9.78 Å². The minimum atomic E-state index is -3.86.